The molecule has 2 heterocycles. The highest BCUT2D eigenvalue weighted by atomic mass is 19.1. The number of ether oxygens (including phenoxy) is 2. The molecule has 0 saturated carbocycles. The molecule has 1 aliphatic heterocycles. The molecule has 1 saturated heterocycles. The number of carbonyl (C=O) groups is 2. The highest BCUT2D eigenvalue weighted by Crippen LogP contribution is 2.49. The summed E-state index contributed by atoms with van der Waals surface area (Å²) in [5, 5.41) is 13.9. The quantitative estimate of drug-likeness (QED) is 0.462. The topological polar surface area (TPSA) is 101 Å². The molecule has 39 heavy (non-hydrogen) atoms. The highest BCUT2D eigenvalue weighted by Gasteiger charge is 2.59. The van der Waals surface area contributed by atoms with E-state index in [-0.39, 0.29) is 17.5 Å². The molecule has 1 fully saturated rings. The molecule has 1 aromatic carbocycles. The van der Waals surface area contributed by atoms with Gasteiger partial charge in [-0.05, 0) is 31.4 Å². The van der Waals surface area contributed by atoms with Crippen LogP contribution in [0.25, 0.3) is 0 Å². The van der Waals surface area contributed by atoms with E-state index in [2.05, 4.69) is 31.1 Å². The zero-order valence-electron chi connectivity index (χ0n) is 24.4. The summed E-state index contributed by atoms with van der Waals surface area (Å²) in [4.78, 5) is 32.1. The van der Waals surface area contributed by atoms with Gasteiger partial charge in [-0.25, -0.2) is 19.0 Å². The third-order valence-electron chi connectivity index (χ3n) is 7.12. The van der Waals surface area contributed by atoms with Crippen molar-refractivity contribution in [3.05, 3.63) is 59.0 Å². The lowest BCUT2D eigenvalue weighted by molar-refractivity contribution is -0.144. The van der Waals surface area contributed by atoms with Crippen molar-refractivity contribution in [1.82, 2.24) is 15.2 Å². The van der Waals surface area contributed by atoms with Crippen LogP contribution in [0.2, 0.25) is 0 Å². The average molecular weight is 544 g/mol. The van der Waals surface area contributed by atoms with Crippen molar-refractivity contribution in [1.29, 1.82) is 0 Å². The maximum Gasteiger partial charge on any atom is 0.411 e. The first kappa shape index (κ1) is 30.3. The largest absolute Gasteiger partial charge is 0.481 e. The minimum absolute atomic E-state index is 0.177. The van der Waals surface area contributed by atoms with Crippen LogP contribution in [0.5, 0.6) is 5.88 Å². The van der Waals surface area contributed by atoms with Gasteiger partial charge in [0.25, 0.3) is 0 Å². The molecule has 4 atom stereocenters. The van der Waals surface area contributed by atoms with Gasteiger partial charge in [0.1, 0.15) is 11.9 Å². The van der Waals surface area contributed by atoms with Gasteiger partial charge in [-0.3, -0.25) is 4.90 Å². The van der Waals surface area contributed by atoms with Gasteiger partial charge >= 0.3 is 12.1 Å². The van der Waals surface area contributed by atoms with Crippen LogP contribution < -0.4 is 10.1 Å². The van der Waals surface area contributed by atoms with Crippen LogP contribution in [0, 0.1) is 17.2 Å². The lowest BCUT2D eigenvalue weighted by Gasteiger charge is -2.35. The Hall–Kier alpha value is -3.20. The first-order valence-corrected chi connectivity index (χ1v) is 13.3. The summed E-state index contributed by atoms with van der Waals surface area (Å²) in [7, 11) is 1.55. The molecule has 0 aliphatic carbocycles. The number of carboxylic acids is 1. The highest BCUT2D eigenvalue weighted by molar-refractivity contribution is 5.82. The van der Waals surface area contributed by atoms with Gasteiger partial charge < -0.3 is 19.9 Å². The van der Waals surface area contributed by atoms with E-state index in [1.54, 1.807) is 39.2 Å². The van der Waals surface area contributed by atoms with Crippen molar-refractivity contribution in [3.8, 4) is 5.88 Å². The number of benzene rings is 1. The molecule has 1 aromatic heterocycles. The van der Waals surface area contributed by atoms with Crippen LogP contribution in [0.4, 0.5) is 9.18 Å². The number of carbonyl (C=O) groups excluding carboxylic acids is 1. The number of halogens is 1. The summed E-state index contributed by atoms with van der Waals surface area (Å²) < 4.78 is 26.4. The Morgan fingerprint density at radius 2 is 1.74 bits per heavy atom. The van der Waals surface area contributed by atoms with E-state index >= 15 is 4.39 Å². The van der Waals surface area contributed by atoms with Gasteiger partial charge in [-0.15, -0.1) is 0 Å². The second kappa shape index (κ2) is 11.5. The summed E-state index contributed by atoms with van der Waals surface area (Å²) in [6.45, 7) is 15.6. The number of hydrogen-bond acceptors (Lipinski definition) is 6. The number of nitrogens with zero attached hydrogens (tertiary/aromatic N) is 2. The fourth-order valence-electron chi connectivity index (χ4n) is 5.41. The molecule has 9 heteroatoms. The van der Waals surface area contributed by atoms with E-state index in [9.17, 15) is 14.7 Å². The molecule has 0 unspecified atom stereocenters. The number of pyridine rings is 1. The van der Waals surface area contributed by atoms with Crippen molar-refractivity contribution in [2.45, 2.75) is 91.6 Å². The Balaban J connectivity index is 2.15. The SMILES string of the molecule is COc1nc(C(C)(C)C)ccc1CN[C@H]1[C@H](C(C)(C)C)[C@@H](C(=O)O)N(C(=O)OC(C)C)[C@H]1c1ccccc1F. The molecule has 3 rings (SSSR count). The molecule has 1 amide bonds. The number of hydrogen-bond donors (Lipinski definition) is 2. The van der Waals surface area contributed by atoms with Crippen LogP contribution in [0.1, 0.15) is 78.3 Å². The molecular formula is C30H42FN3O5. The van der Waals surface area contributed by atoms with E-state index < -0.39 is 53.4 Å². The average Bonchev–Trinajstić information content (AvgIpc) is 3.17. The van der Waals surface area contributed by atoms with Crippen LogP contribution in [0.15, 0.2) is 36.4 Å². The van der Waals surface area contributed by atoms with Crippen molar-refractivity contribution in [3.63, 3.8) is 0 Å². The van der Waals surface area contributed by atoms with Crippen molar-refractivity contribution < 1.29 is 28.6 Å². The van der Waals surface area contributed by atoms with E-state index in [0.717, 1.165) is 11.3 Å². The van der Waals surface area contributed by atoms with Gasteiger partial charge in [-0.1, -0.05) is 65.8 Å². The van der Waals surface area contributed by atoms with Gasteiger partial charge in [0.2, 0.25) is 5.88 Å². The molecule has 2 N–H and O–H groups in total. The second-order valence-electron chi connectivity index (χ2n) is 12.5. The van der Waals surface area contributed by atoms with Gasteiger partial charge in [-0.2, -0.15) is 0 Å². The predicted octanol–water partition coefficient (Wildman–Crippen LogP) is 5.70. The Bertz CT molecular complexity index is 1190. The smallest absolute Gasteiger partial charge is 0.411 e. The Labute approximate surface area is 230 Å². The fraction of sp³-hybridized carbons (Fsp3) is 0.567. The molecule has 0 bridgehead atoms. The maximum atomic E-state index is 15.3. The third kappa shape index (κ3) is 6.52. The van der Waals surface area contributed by atoms with Crippen LogP contribution in [-0.2, 0) is 21.5 Å². The number of likely N-dealkylation sites (tertiary alicyclic amines) is 1. The number of carboxylic acid groups (broad SMARTS) is 1. The van der Waals surface area contributed by atoms with Crippen molar-refractivity contribution >= 4 is 12.1 Å². The standard InChI is InChI=1S/C30H42FN3O5/c1-17(2)39-28(37)34-24(19-12-10-11-13-20(19)31)23(22(30(6,7)8)25(34)27(35)36)32-16-18-14-15-21(29(3,4)5)33-26(18)38-9/h10-15,17,22-25,32H,16H2,1-9H3,(H,35,36)/t22-,23-,24-,25-/m0/s1. The van der Waals surface area contributed by atoms with E-state index in [1.165, 1.54) is 11.0 Å². The number of rotatable bonds is 7. The molecule has 8 nitrogen and oxygen atoms in total. The fourth-order valence-corrected chi connectivity index (χ4v) is 5.41. The summed E-state index contributed by atoms with van der Waals surface area (Å²) in [5.74, 6) is -1.83. The second-order valence-corrected chi connectivity index (χ2v) is 12.5. The number of nitrogens with one attached hydrogen (secondary N) is 1. The Morgan fingerprint density at radius 3 is 2.26 bits per heavy atom. The molecule has 0 spiro atoms. The predicted molar refractivity (Wildman–Crippen MR) is 147 cm³/mol. The first-order valence-electron chi connectivity index (χ1n) is 13.3. The number of amides is 1. The molecule has 1 aliphatic rings. The minimum Gasteiger partial charge on any atom is -0.481 e. The van der Waals surface area contributed by atoms with Crippen LogP contribution in [-0.4, -0.2) is 52.4 Å². The summed E-state index contributed by atoms with van der Waals surface area (Å²) in [6.07, 6.45) is -1.28. The van der Waals surface area contributed by atoms with E-state index in [4.69, 9.17) is 9.47 Å². The van der Waals surface area contributed by atoms with Crippen LogP contribution in [0.3, 0.4) is 0 Å². The van der Waals surface area contributed by atoms with Crippen molar-refractivity contribution in [2.75, 3.05) is 7.11 Å². The van der Waals surface area contributed by atoms with E-state index in [0.29, 0.717) is 5.88 Å². The molecular weight excluding hydrogens is 501 g/mol. The minimum atomic E-state index is -1.25. The maximum absolute atomic E-state index is 15.3. The zero-order valence-corrected chi connectivity index (χ0v) is 24.4. The summed E-state index contributed by atoms with van der Waals surface area (Å²) >= 11 is 0. The first-order chi connectivity index (χ1) is 18.1. The van der Waals surface area contributed by atoms with Gasteiger partial charge in [0.05, 0.1) is 19.3 Å². The number of aromatic nitrogens is 1. The van der Waals surface area contributed by atoms with Gasteiger partial charge in [0, 0.05) is 40.7 Å². The monoisotopic (exact) mass is 543 g/mol. The van der Waals surface area contributed by atoms with Crippen molar-refractivity contribution in [2.24, 2.45) is 11.3 Å². The molecule has 2 aromatic rings. The normalized spacial score (nSPS) is 21.8. The Morgan fingerprint density at radius 1 is 1.10 bits per heavy atom. The summed E-state index contributed by atoms with van der Waals surface area (Å²) in [6, 6.07) is 7.21. The van der Waals surface area contributed by atoms with E-state index in [1.807, 2.05) is 32.9 Å². The van der Waals surface area contributed by atoms with Gasteiger partial charge in [0.15, 0.2) is 0 Å². The summed E-state index contributed by atoms with van der Waals surface area (Å²) in [5.41, 5.74) is 1.11. The zero-order chi connectivity index (χ0) is 29.3. The third-order valence-corrected chi connectivity index (χ3v) is 7.12. The number of methoxy groups -OCH3 is 1. The Kier molecular flexibility index (Phi) is 8.95. The number of aliphatic carboxylic acids is 1. The lowest BCUT2D eigenvalue weighted by Crippen LogP contribution is -2.48. The molecule has 214 valence electrons. The molecule has 0 radical (unpaired) electrons. The van der Waals surface area contributed by atoms with Crippen LogP contribution >= 0.6 is 0 Å². The lowest BCUT2D eigenvalue weighted by atomic mass is 9.72.